The van der Waals surface area contributed by atoms with E-state index in [9.17, 15) is 9.90 Å². The number of benzene rings is 1. The van der Waals surface area contributed by atoms with Gasteiger partial charge in [0.05, 0.1) is 12.6 Å². The minimum atomic E-state index is -0.0761. The number of aliphatic imine (C=N–C) groups is 1. The van der Waals surface area contributed by atoms with Crippen LogP contribution in [-0.4, -0.2) is 55.9 Å². The van der Waals surface area contributed by atoms with Gasteiger partial charge in [0.1, 0.15) is 0 Å². The summed E-state index contributed by atoms with van der Waals surface area (Å²) in [4.78, 5) is 17.1. The van der Waals surface area contributed by atoms with Crippen LogP contribution >= 0.6 is 0 Å². The van der Waals surface area contributed by atoms with Crippen LogP contribution in [0.2, 0.25) is 0 Å². The maximum atomic E-state index is 12.4. The van der Waals surface area contributed by atoms with E-state index in [1.807, 2.05) is 31.2 Å². The minimum Gasteiger partial charge on any atom is -0.396 e. The highest BCUT2D eigenvalue weighted by atomic mass is 16.5. The molecule has 2 unspecified atom stereocenters. The Bertz CT molecular complexity index is 654. The molecule has 0 radical (unpaired) electrons. The average Bonchev–Trinajstić information content (AvgIpc) is 3.28. The van der Waals surface area contributed by atoms with Gasteiger partial charge in [-0.25, -0.2) is 4.99 Å². The van der Waals surface area contributed by atoms with Crippen molar-refractivity contribution in [2.45, 2.75) is 58.6 Å². The number of amides is 1. The third-order valence-electron chi connectivity index (χ3n) is 5.26. The molecule has 1 saturated heterocycles. The number of rotatable bonds is 12. The van der Waals surface area contributed by atoms with E-state index in [1.165, 1.54) is 0 Å². The van der Waals surface area contributed by atoms with E-state index in [0.29, 0.717) is 24.6 Å². The zero-order valence-corrected chi connectivity index (χ0v) is 18.5. The summed E-state index contributed by atoms with van der Waals surface area (Å²) < 4.78 is 5.56. The van der Waals surface area contributed by atoms with Gasteiger partial charge in [0.25, 0.3) is 5.91 Å². The lowest BCUT2D eigenvalue weighted by Crippen LogP contribution is -2.40. The van der Waals surface area contributed by atoms with Gasteiger partial charge >= 0.3 is 0 Å². The molecule has 1 amide bonds. The number of nitrogens with zero attached hydrogens (tertiary/aromatic N) is 1. The Morgan fingerprint density at radius 2 is 2.13 bits per heavy atom. The second-order valence-electron chi connectivity index (χ2n) is 7.79. The zero-order valence-electron chi connectivity index (χ0n) is 18.5. The molecule has 1 fully saturated rings. The van der Waals surface area contributed by atoms with Crippen LogP contribution in [0.25, 0.3) is 0 Å². The third kappa shape index (κ3) is 8.71. The van der Waals surface area contributed by atoms with Crippen molar-refractivity contribution in [2.24, 2.45) is 10.9 Å². The van der Waals surface area contributed by atoms with Gasteiger partial charge in [-0.3, -0.25) is 4.79 Å². The molecule has 0 aliphatic carbocycles. The highest BCUT2D eigenvalue weighted by Gasteiger charge is 2.16. The van der Waals surface area contributed by atoms with Gasteiger partial charge in [-0.2, -0.15) is 0 Å². The fourth-order valence-electron chi connectivity index (χ4n) is 3.62. The molecule has 1 heterocycles. The molecule has 7 heteroatoms. The standard InChI is InChI=1S/C23H38N4O3/c1-3-7-18(11-12-28)15-26-23(24-4-2)27-16-19-8-5-9-20(14-19)22(29)25-17-21-10-6-13-30-21/h5,8-9,14,18,21,28H,3-4,6-7,10-13,15-17H2,1-2H3,(H,25,29)(H2,24,26,27). The number of guanidine groups is 1. The second-order valence-corrected chi connectivity index (χ2v) is 7.79. The molecular formula is C23H38N4O3. The average molecular weight is 419 g/mol. The van der Waals surface area contributed by atoms with E-state index in [1.54, 1.807) is 0 Å². The van der Waals surface area contributed by atoms with Gasteiger partial charge in [0.2, 0.25) is 0 Å². The molecule has 0 bridgehead atoms. The molecule has 4 N–H and O–H groups in total. The van der Waals surface area contributed by atoms with E-state index in [-0.39, 0.29) is 18.6 Å². The van der Waals surface area contributed by atoms with Crippen molar-refractivity contribution in [2.75, 3.05) is 32.8 Å². The Kier molecular flexibility index (Phi) is 11.3. The fraction of sp³-hybridized carbons (Fsp3) is 0.652. The number of carbonyl (C=O) groups excluding carboxylic acids is 1. The van der Waals surface area contributed by atoms with E-state index < -0.39 is 0 Å². The summed E-state index contributed by atoms with van der Waals surface area (Å²) in [5.41, 5.74) is 1.63. The fourth-order valence-corrected chi connectivity index (χ4v) is 3.62. The molecule has 0 saturated carbocycles. The van der Waals surface area contributed by atoms with E-state index in [0.717, 1.165) is 63.3 Å². The second kappa shape index (κ2) is 14.0. The van der Waals surface area contributed by atoms with Gasteiger partial charge in [0, 0.05) is 38.4 Å². The van der Waals surface area contributed by atoms with Crippen LogP contribution in [0.4, 0.5) is 0 Å². The zero-order chi connectivity index (χ0) is 21.6. The highest BCUT2D eigenvalue weighted by Crippen LogP contribution is 2.12. The monoisotopic (exact) mass is 418 g/mol. The molecule has 0 aromatic heterocycles. The number of aliphatic hydroxyl groups is 1. The quantitative estimate of drug-likeness (QED) is 0.309. The predicted molar refractivity (Wildman–Crippen MR) is 121 cm³/mol. The molecule has 1 aliphatic heterocycles. The maximum absolute atomic E-state index is 12.4. The third-order valence-corrected chi connectivity index (χ3v) is 5.26. The maximum Gasteiger partial charge on any atom is 0.251 e. The lowest BCUT2D eigenvalue weighted by Gasteiger charge is -2.18. The molecule has 30 heavy (non-hydrogen) atoms. The van der Waals surface area contributed by atoms with Crippen LogP contribution in [0.3, 0.4) is 0 Å². The van der Waals surface area contributed by atoms with Crippen molar-refractivity contribution in [3.63, 3.8) is 0 Å². The van der Waals surface area contributed by atoms with Gasteiger partial charge in [-0.05, 0) is 56.2 Å². The van der Waals surface area contributed by atoms with Crippen LogP contribution in [-0.2, 0) is 11.3 Å². The van der Waals surface area contributed by atoms with Crippen molar-refractivity contribution < 1.29 is 14.6 Å². The Hall–Kier alpha value is -2.12. The van der Waals surface area contributed by atoms with Crippen LogP contribution in [0.1, 0.15) is 61.9 Å². The van der Waals surface area contributed by atoms with Gasteiger partial charge in [-0.1, -0.05) is 25.5 Å². The van der Waals surface area contributed by atoms with Crippen molar-refractivity contribution in [3.05, 3.63) is 35.4 Å². The Labute approximate surface area is 180 Å². The van der Waals surface area contributed by atoms with Crippen LogP contribution in [0, 0.1) is 5.92 Å². The number of ether oxygens (including phenoxy) is 1. The largest absolute Gasteiger partial charge is 0.396 e. The molecular weight excluding hydrogens is 380 g/mol. The number of nitrogens with one attached hydrogen (secondary N) is 3. The Morgan fingerprint density at radius 1 is 1.27 bits per heavy atom. The van der Waals surface area contributed by atoms with E-state index in [4.69, 9.17) is 4.74 Å². The molecule has 168 valence electrons. The van der Waals surface area contributed by atoms with Crippen LogP contribution in [0.5, 0.6) is 0 Å². The molecule has 0 spiro atoms. The molecule has 2 rings (SSSR count). The molecule has 1 aromatic carbocycles. The molecule has 7 nitrogen and oxygen atoms in total. The highest BCUT2D eigenvalue weighted by molar-refractivity contribution is 5.94. The van der Waals surface area contributed by atoms with E-state index in [2.05, 4.69) is 27.9 Å². The minimum absolute atomic E-state index is 0.0761. The van der Waals surface area contributed by atoms with Crippen molar-refractivity contribution in [1.82, 2.24) is 16.0 Å². The summed E-state index contributed by atoms with van der Waals surface area (Å²) in [6, 6.07) is 7.59. The van der Waals surface area contributed by atoms with Gasteiger partial charge < -0.3 is 25.8 Å². The lowest BCUT2D eigenvalue weighted by molar-refractivity contribution is 0.0857. The van der Waals surface area contributed by atoms with Crippen molar-refractivity contribution >= 4 is 11.9 Å². The molecule has 1 aliphatic rings. The van der Waals surface area contributed by atoms with Gasteiger partial charge in [-0.15, -0.1) is 0 Å². The van der Waals surface area contributed by atoms with Crippen LogP contribution in [0.15, 0.2) is 29.3 Å². The first-order chi connectivity index (χ1) is 14.7. The summed E-state index contributed by atoms with van der Waals surface area (Å²) in [6.07, 6.45) is 5.18. The molecule has 1 aromatic rings. The number of aliphatic hydroxyl groups excluding tert-OH is 1. The predicted octanol–water partition coefficient (Wildman–Crippen LogP) is 2.45. The first-order valence-electron chi connectivity index (χ1n) is 11.3. The van der Waals surface area contributed by atoms with Crippen LogP contribution < -0.4 is 16.0 Å². The SMILES string of the molecule is CCCC(CCO)CNC(=NCc1cccc(C(=O)NCC2CCCO2)c1)NCC. The summed E-state index contributed by atoms with van der Waals surface area (Å²) >= 11 is 0. The first kappa shape index (κ1) is 24.2. The summed E-state index contributed by atoms with van der Waals surface area (Å²) in [5, 5.41) is 18.9. The van der Waals surface area contributed by atoms with E-state index >= 15 is 0 Å². The first-order valence-corrected chi connectivity index (χ1v) is 11.3. The summed E-state index contributed by atoms with van der Waals surface area (Å²) in [5.74, 6) is 1.11. The smallest absolute Gasteiger partial charge is 0.251 e. The number of hydrogen-bond donors (Lipinski definition) is 4. The Morgan fingerprint density at radius 3 is 2.83 bits per heavy atom. The summed E-state index contributed by atoms with van der Waals surface area (Å²) in [7, 11) is 0. The van der Waals surface area contributed by atoms with Crippen molar-refractivity contribution in [1.29, 1.82) is 0 Å². The Balaban J connectivity index is 1.90. The normalized spacial score (nSPS) is 17.6. The number of hydrogen-bond acceptors (Lipinski definition) is 4. The number of carbonyl (C=O) groups is 1. The van der Waals surface area contributed by atoms with Crippen molar-refractivity contribution in [3.8, 4) is 0 Å². The summed E-state index contributed by atoms with van der Waals surface area (Å²) in [6.45, 7) is 7.79. The molecule has 2 atom stereocenters. The van der Waals surface area contributed by atoms with Gasteiger partial charge in [0.15, 0.2) is 5.96 Å². The topological polar surface area (TPSA) is 95.0 Å². The lowest BCUT2D eigenvalue weighted by atomic mass is 10.0.